The molecule has 0 aromatic heterocycles. The molecule has 2 nitrogen and oxygen atoms in total. The molecule has 0 saturated carbocycles. The summed E-state index contributed by atoms with van der Waals surface area (Å²) in [6, 6.07) is 8.94. The molecule has 0 amide bonds. The molecule has 1 aliphatic heterocycles. The first-order valence-electron chi connectivity index (χ1n) is 7.25. The Bertz CT molecular complexity index is 375. The van der Waals surface area contributed by atoms with Gasteiger partial charge in [0.15, 0.2) is 0 Å². The van der Waals surface area contributed by atoms with Crippen LogP contribution in [-0.4, -0.2) is 17.2 Å². The molecule has 100 valence electrons. The minimum atomic E-state index is 0.375. The van der Waals surface area contributed by atoms with Gasteiger partial charge in [0.2, 0.25) is 0 Å². The van der Waals surface area contributed by atoms with Crippen LogP contribution >= 0.6 is 0 Å². The average Bonchev–Trinajstić information content (AvgIpc) is 2.39. The van der Waals surface area contributed by atoms with Crippen LogP contribution in [0.5, 0.6) is 5.75 Å². The third-order valence-corrected chi connectivity index (χ3v) is 4.15. The number of phenols is 1. The molecular formula is C16H25NO. The summed E-state index contributed by atoms with van der Waals surface area (Å²) < 4.78 is 0. The summed E-state index contributed by atoms with van der Waals surface area (Å²) in [5, 5.41) is 13.4. The third-order valence-electron chi connectivity index (χ3n) is 4.15. The SMILES string of the molecule is CCC[C@H]1CCC[C@@H]([C@@H](C)c2cccc(O)c2)N1. The molecule has 1 fully saturated rings. The molecule has 2 rings (SSSR count). The van der Waals surface area contributed by atoms with Gasteiger partial charge in [-0.15, -0.1) is 0 Å². The molecule has 1 saturated heterocycles. The van der Waals surface area contributed by atoms with Crippen LogP contribution in [0.25, 0.3) is 0 Å². The summed E-state index contributed by atoms with van der Waals surface area (Å²) in [5.41, 5.74) is 1.24. The van der Waals surface area contributed by atoms with Gasteiger partial charge in [-0.3, -0.25) is 0 Å². The fourth-order valence-electron chi connectivity index (χ4n) is 3.06. The summed E-state index contributed by atoms with van der Waals surface area (Å²) in [4.78, 5) is 0. The highest BCUT2D eigenvalue weighted by Gasteiger charge is 2.25. The summed E-state index contributed by atoms with van der Waals surface area (Å²) >= 11 is 0. The lowest BCUT2D eigenvalue weighted by Gasteiger charge is -2.35. The second-order valence-electron chi connectivity index (χ2n) is 5.57. The van der Waals surface area contributed by atoms with Crippen LogP contribution in [0.1, 0.15) is 57.4 Å². The van der Waals surface area contributed by atoms with Gasteiger partial charge < -0.3 is 10.4 Å². The van der Waals surface area contributed by atoms with Gasteiger partial charge in [0.1, 0.15) is 5.75 Å². The number of hydrogen-bond donors (Lipinski definition) is 2. The topological polar surface area (TPSA) is 32.3 Å². The Balaban J connectivity index is 2.02. The number of rotatable bonds is 4. The minimum Gasteiger partial charge on any atom is -0.508 e. The van der Waals surface area contributed by atoms with E-state index in [9.17, 15) is 5.11 Å². The third kappa shape index (κ3) is 3.26. The van der Waals surface area contributed by atoms with Gasteiger partial charge in [-0.05, 0) is 42.9 Å². The fraction of sp³-hybridized carbons (Fsp3) is 0.625. The second kappa shape index (κ2) is 6.24. The van der Waals surface area contributed by atoms with Crippen LogP contribution < -0.4 is 5.32 Å². The smallest absolute Gasteiger partial charge is 0.115 e. The minimum absolute atomic E-state index is 0.375. The monoisotopic (exact) mass is 247 g/mol. The van der Waals surface area contributed by atoms with Crippen molar-refractivity contribution >= 4 is 0 Å². The van der Waals surface area contributed by atoms with Crippen molar-refractivity contribution in [3.8, 4) is 5.75 Å². The fourth-order valence-corrected chi connectivity index (χ4v) is 3.06. The molecule has 0 radical (unpaired) electrons. The molecule has 2 N–H and O–H groups in total. The molecule has 1 aromatic rings. The zero-order valence-corrected chi connectivity index (χ0v) is 11.5. The number of nitrogens with one attached hydrogen (secondary N) is 1. The van der Waals surface area contributed by atoms with Crippen molar-refractivity contribution in [3.63, 3.8) is 0 Å². The summed E-state index contributed by atoms with van der Waals surface area (Å²) in [6.07, 6.45) is 6.42. The van der Waals surface area contributed by atoms with Crippen LogP contribution in [0.4, 0.5) is 0 Å². The van der Waals surface area contributed by atoms with Crippen LogP contribution in [0, 0.1) is 0 Å². The molecule has 1 heterocycles. The highest BCUT2D eigenvalue weighted by molar-refractivity contribution is 5.30. The van der Waals surface area contributed by atoms with E-state index in [2.05, 4.69) is 25.2 Å². The Labute approximate surface area is 110 Å². The number of piperidine rings is 1. The highest BCUT2D eigenvalue weighted by atomic mass is 16.3. The van der Waals surface area contributed by atoms with E-state index in [0.29, 0.717) is 23.8 Å². The molecule has 0 spiro atoms. The molecule has 18 heavy (non-hydrogen) atoms. The standard InChI is InChI=1S/C16H25NO/c1-3-6-14-8-5-10-16(17-14)12(2)13-7-4-9-15(18)11-13/h4,7,9,11-12,14,16-18H,3,5-6,8,10H2,1-2H3/t12-,14-,16-/m0/s1. The lowest BCUT2D eigenvalue weighted by atomic mass is 9.85. The maximum absolute atomic E-state index is 9.58. The second-order valence-corrected chi connectivity index (χ2v) is 5.57. The zero-order valence-electron chi connectivity index (χ0n) is 11.5. The van der Waals surface area contributed by atoms with Crippen molar-refractivity contribution < 1.29 is 5.11 Å². The molecule has 1 aliphatic rings. The van der Waals surface area contributed by atoms with Crippen molar-refractivity contribution in [1.29, 1.82) is 0 Å². The van der Waals surface area contributed by atoms with Gasteiger partial charge >= 0.3 is 0 Å². The number of phenolic OH excluding ortho intramolecular Hbond substituents is 1. The van der Waals surface area contributed by atoms with Gasteiger partial charge in [0, 0.05) is 12.1 Å². The zero-order chi connectivity index (χ0) is 13.0. The van der Waals surface area contributed by atoms with E-state index in [1.54, 1.807) is 6.07 Å². The highest BCUT2D eigenvalue weighted by Crippen LogP contribution is 2.28. The van der Waals surface area contributed by atoms with Gasteiger partial charge in [-0.25, -0.2) is 0 Å². The molecular weight excluding hydrogens is 222 g/mol. The predicted octanol–water partition coefficient (Wildman–Crippen LogP) is 3.81. The first-order valence-corrected chi connectivity index (χ1v) is 7.25. The first kappa shape index (κ1) is 13.4. The van der Waals surface area contributed by atoms with Crippen LogP contribution in [0.15, 0.2) is 24.3 Å². The Hall–Kier alpha value is -1.02. The number of hydrogen-bond acceptors (Lipinski definition) is 2. The number of aromatic hydroxyl groups is 1. The van der Waals surface area contributed by atoms with Gasteiger partial charge in [-0.2, -0.15) is 0 Å². The maximum Gasteiger partial charge on any atom is 0.115 e. The van der Waals surface area contributed by atoms with Crippen LogP contribution in [-0.2, 0) is 0 Å². The Morgan fingerprint density at radius 2 is 2.22 bits per heavy atom. The van der Waals surface area contributed by atoms with Crippen LogP contribution in [0.2, 0.25) is 0 Å². The normalized spacial score (nSPS) is 25.9. The molecule has 0 aliphatic carbocycles. The average molecular weight is 247 g/mol. The lowest BCUT2D eigenvalue weighted by Crippen LogP contribution is -2.44. The molecule has 2 heteroatoms. The van der Waals surface area contributed by atoms with E-state index < -0.39 is 0 Å². The largest absolute Gasteiger partial charge is 0.508 e. The van der Waals surface area contributed by atoms with E-state index >= 15 is 0 Å². The molecule has 1 aromatic carbocycles. The molecule has 3 atom stereocenters. The summed E-state index contributed by atoms with van der Waals surface area (Å²) in [7, 11) is 0. The Kier molecular flexibility index (Phi) is 4.65. The van der Waals surface area contributed by atoms with Crippen molar-refractivity contribution in [1.82, 2.24) is 5.32 Å². The molecule has 0 unspecified atom stereocenters. The van der Waals surface area contributed by atoms with E-state index in [1.165, 1.54) is 37.7 Å². The van der Waals surface area contributed by atoms with E-state index in [-0.39, 0.29) is 0 Å². The summed E-state index contributed by atoms with van der Waals surface area (Å²) in [6.45, 7) is 4.52. The molecule has 0 bridgehead atoms. The Morgan fingerprint density at radius 3 is 2.94 bits per heavy atom. The van der Waals surface area contributed by atoms with Crippen molar-refractivity contribution in [2.45, 2.75) is 64.0 Å². The van der Waals surface area contributed by atoms with Gasteiger partial charge in [0.05, 0.1) is 0 Å². The Morgan fingerprint density at radius 1 is 1.39 bits per heavy atom. The van der Waals surface area contributed by atoms with Crippen molar-refractivity contribution in [2.75, 3.05) is 0 Å². The predicted molar refractivity (Wildman–Crippen MR) is 76.0 cm³/mol. The summed E-state index contributed by atoms with van der Waals surface area (Å²) in [5.74, 6) is 0.844. The van der Waals surface area contributed by atoms with Gasteiger partial charge in [0.25, 0.3) is 0 Å². The quantitative estimate of drug-likeness (QED) is 0.848. The van der Waals surface area contributed by atoms with Crippen molar-refractivity contribution in [2.24, 2.45) is 0 Å². The van der Waals surface area contributed by atoms with Gasteiger partial charge in [-0.1, -0.05) is 38.8 Å². The van der Waals surface area contributed by atoms with E-state index in [4.69, 9.17) is 0 Å². The maximum atomic E-state index is 9.58. The first-order chi connectivity index (χ1) is 8.70. The number of benzene rings is 1. The van der Waals surface area contributed by atoms with Crippen molar-refractivity contribution in [3.05, 3.63) is 29.8 Å². The lowest BCUT2D eigenvalue weighted by molar-refractivity contribution is 0.281. The van der Waals surface area contributed by atoms with E-state index in [0.717, 1.165) is 0 Å². The van der Waals surface area contributed by atoms with E-state index in [1.807, 2.05) is 12.1 Å². The van der Waals surface area contributed by atoms with Crippen LogP contribution in [0.3, 0.4) is 0 Å².